The SMILES string of the molecule is C1=CC(c2cccc3c2oc2ccccc23)=C(N(c2cccc(-c3ccc4c(c3)sc3ccccc34)c2)c2ccccc2-c2cccc3ccccc23)CC1. The van der Waals surface area contributed by atoms with E-state index in [1.807, 2.05) is 17.4 Å². The highest BCUT2D eigenvalue weighted by atomic mass is 32.1. The molecule has 2 nitrogen and oxygen atoms in total. The molecule has 0 atom stereocenters. The van der Waals surface area contributed by atoms with Gasteiger partial charge < -0.3 is 9.32 Å². The molecule has 0 spiro atoms. The van der Waals surface area contributed by atoms with Crippen LogP contribution in [-0.4, -0.2) is 0 Å². The van der Waals surface area contributed by atoms with Gasteiger partial charge in [0.15, 0.2) is 0 Å². The Labute approximate surface area is 323 Å². The Morgan fingerprint density at radius 1 is 0.491 bits per heavy atom. The third-order valence-electron chi connectivity index (χ3n) is 11.1. The summed E-state index contributed by atoms with van der Waals surface area (Å²) in [6.45, 7) is 0. The summed E-state index contributed by atoms with van der Waals surface area (Å²) < 4.78 is 9.30. The fraction of sp³-hybridized carbons (Fsp3) is 0.0385. The van der Waals surface area contributed by atoms with Crippen molar-refractivity contribution in [2.45, 2.75) is 12.8 Å². The topological polar surface area (TPSA) is 16.4 Å². The van der Waals surface area contributed by atoms with Crippen molar-refractivity contribution in [3.05, 3.63) is 199 Å². The maximum atomic E-state index is 6.67. The van der Waals surface area contributed by atoms with Gasteiger partial charge in [-0.05, 0) is 76.7 Å². The van der Waals surface area contributed by atoms with Crippen LogP contribution in [0, 0.1) is 0 Å². The number of rotatable bonds is 6. The maximum Gasteiger partial charge on any atom is 0.143 e. The van der Waals surface area contributed by atoms with Crippen LogP contribution in [0.2, 0.25) is 0 Å². The van der Waals surface area contributed by atoms with Crippen molar-refractivity contribution in [2.24, 2.45) is 0 Å². The zero-order chi connectivity index (χ0) is 36.3. The smallest absolute Gasteiger partial charge is 0.143 e. The summed E-state index contributed by atoms with van der Waals surface area (Å²) in [7, 11) is 0. The van der Waals surface area contributed by atoms with Crippen molar-refractivity contribution in [1.29, 1.82) is 0 Å². The molecule has 1 aliphatic carbocycles. The van der Waals surface area contributed by atoms with Crippen molar-refractivity contribution < 1.29 is 4.42 Å². The molecule has 2 heterocycles. The minimum absolute atomic E-state index is 0.879. The van der Waals surface area contributed by atoms with Crippen molar-refractivity contribution in [3.63, 3.8) is 0 Å². The van der Waals surface area contributed by atoms with Crippen LogP contribution in [0.25, 0.3) is 80.7 Å². The second-order valence-corrected chi connectivity index (χ2v) is 15.4. The molecule has 0 unspecified atom stereocenters. The molecule has 10 aromatic rings. The van der Waals surface area contributed by atoms with Gasteiger partial charge in [-0.3, -0.25) is 0 Å². The first-order chi connectivity index (χ1) is 27.3. The highest BCUT2D eigenvalue weighted by molar-refractivity contribution is 7.25. The van der Waals surface area contributed by atoms with E-state index in [4.69, 9.17) is 4.42 Å². The lowest BCUT2D eigenvalue weighted by atomic mass is 9.91. The van der Waals surface area contributed by atoms with Crippen LogP contribution in [0.4, 0.5) is 11.4 Å². The zero-order valence-corrected chi connectivity index (χ0v) is 30.9. The van der Waals surface area contributed by atoms with E-state index in [2.05, 4.69) is 187 Å². The maximum absolute atomic E-state index is 6.67. The number of furan rings is 1. The van der Waals surface area contributed by atoms with E-state index >= 15 is 0 Å². The highest BCUT2D eigenvalue weighted by Gasteiger charge is 2.26. The van der Waals surface area contributed by atoms with E-state index in [1.165, 1.54) is 64.5 Å². The highest BCUT2D eigenvalue weighted by Crippen LogP contribution is 2.46. The van der Waals surface area contributed by atoms with Crippen molar-refractivity contribution in [1.82, 2.24) is 0 Å². The van der Waals surface area contributed by atoms with Crippen LogP contribution in [0.5, 0.6) is 0 Å². The Morgan fingerprint density at radius 2 is 1.18 bits per heavy atom. The average molecular weight is 722 g/mol. The van der Waals surface area contributed by atoms with Gasteiger partial charge in [-0.15, -0.1) is 11.3 Å². The summed E-state index contributed by atoms with van der Waals surface area (Å²) in [5, 5.41) is 7.39. The normalized spacial score (nSPS) is 13.2. The molecule has 0 radical (unpaired) electrons. The molecule has 0 saturated heterocycles. The molecule has 0 bridgehead atoms. The molecule has 0 fully saturated rings. The molecule has 0 amide bonds. The summed E-state index contributed by atoms with van der Waals surface area (Å²) >= 11 is 1.87. The molecular formula is C52H35NOS. The first-order valence-electron chi connectivity index (χ1n) is 19.0. The van der Waals surface area contributed by atoms with Gasteiger partial charge in [0.25, 0.3) is 0 Å². The van der Waals surface area contributed by atoms with Gasteiger partial charge in [-0.25, -0.2) is 0 Å². The van der Waals surface area contributed by atoms with Gasteiger partial charge in [0.05, 0.1) is 5.69 Å². The molecule has 11 rings (SSSR count). The molecular weight excluding hydrogens is 687 g/mol. The number of thiophene rings is 1. The molecule has 8 aromatic carbocycles. The summed E-state index contributed by atoms with van der Waals surface area (Å²) in [5.74, 6) is 0. The first kappa shape index (κ1) is 31.8. The van der Waals surface area contributed by atoms with Gasteiger partial charge in [0.1, 0.15) is 11.2 Å². The fourth-order valence-corrected chi connectivity index (χ4v) is 9.76. The lowest BCUT2D eigenvalue weighted by Gasteiger charge is -2.33. The minimum atomic E-state index is 0.879. The van der Waals surface area contributed by atoms with Crippen LogP contribution in [0.3, 0.4) is 0 Å². The third kappa shape index (κ3) is 5.31. The molecule has 0 N–H and O–H groups in total. The predicted molar refractivity (Wildman–Crippen MR) is 235 cm³/mol. The molecule has 55 heavy (non-hydrogen) atoms. The molecule has 3 heteroatoms. The molecule has 2 aromatic heterocycles. The Kier molecular flexibility index (Phi) is 7.53. The summed E-state index contributed by atoms with van der Waals surface area (Å²) in [4.78, 5) is 2.53. The second kappa shape index (κ2) is 13.0. The lowest BCUT2D eigenvalue weighted by molar-refractivity contribution is 0.667. The van der Waals surface area contributed by atoms with Crippen LogP contribution in [0.1, 0.15) is 18.4 Å². The first-order valence-corrected chi connectivity index (χ1v) is 19.8. The molecule has 0 aliphatic heterocycles. The third-order valence-corrected chi connectivity index (χ3v) is 12.3. The number of anilines is 2. The van der Waals surface area contributed by atoms with Gasteiger partial charge in [0.2, 0.25) is 0 Å². The predicted octanol–water partition coefficient (Wildman–Crippen LogP) is 15.3. The summed E-state index contributed by atoms with van der Waals surface area (Å²) in [5.41, 5.74) is 12.5. The standard InChI is InChI=1S/C52H35NOS/c1-2-18-38-34(14-1)15-12-23-39(38)40-19-3-7-26-47(40)53(37-17-11-16-35(32-37)36-30-31-44-43-22-6-10-29-50(43)55-51(44)33-36)48-27-8-4-20-41(48)45-24-13-25-46-42-21-5-9-28-49(42)54-52(45)46/h1-7,9-26,28-33H,8,27H2. The Hall–Kier alpha value is -6.68. The Bertz CT molecular complexity index is 3170. The summed E-state index contributed by atoms with van der Waals surface area (Å²) in [6.07, 6.45) is 6.45. The number of para-hydroxylation sites is 3. The van der Waals surface area contributed by atoms with Crippen molar-refractivity contribution >= 4 is 81.2 Å². The largest absolute Gasteiger partial charge is 0.455 e. The van der Waals surface area contributed by atoms with E-state index in [0.29, 0.717) is 0 Å². The van der Waals surface area contributed by atoms with Crippen LogP contribution in [0.15, 0.2) is 198 Å². The van der Waals surface area contributed by atoms with E-state index in [0.717, 1.165) is 51.7 Å². The zero-order valence-electron chi connectivity index (χ0n) is 30.1. The quantitative estimate of drug-likeness (QED) is 0.170. The van der Waals surface area contributed by atoms with Gasteiger partial charge in [-0.1, -0.05) is 152 Å². The summed E-state index contributed by atoms with van der Waals surface area (Å²) in [6, 6.07) is 64.0. The minimum Gasteiger partial charge on any atom is -0.455 e. The monoisotopic (exact) mass is 721 g/mol. The number of nitrogens with zero attached hydrogens (tertiary/aromatic N) is 1. The van der Waals surface area contributed by atoms with E-state index in [-0.39, 0.29) is 0 Å². The number of benzene rings is 8. The van der Waals surface area contributed by atoms with Crippen LogP contribution < -0.4 is 4.90 Å². The van der Waals surface area contributed by atoms with Gasteiger partial charge in [-0.2, -0.15) is 0 Å². The van der Waals surface area contributed by atoms with E-state index in [9.17, 15) is 0 Å². The Morgan fingerprint density at radius 3 is 2.15 bits per heavy atom. The van der Waals surface area contributed by atoms with Crippen molar-refractivity contribution in [3.8, 4) is 22.3 Å². The van der Waals surface area contributed by atoms with E-state index < -0.39 is 0 Å². The number of hydrogen-bond acceptors (Lipinski definition) is 3. The Balaban J connectivity index is 1.16. The van der Waals surface area contributed by atoms with E-state index in [1.54, 1.807) is 0 Å². The lowest BCUT2D eigenvalue weighted by Crippen LogP contribution is -2.20. The van der Waals surface area contributed by atoms with Gasteiger partial charge in [0, 0.05) is 59.0 Å². The number of hydrogen-bond donors (Lipinski definition) is 0. The number of fused-ring (bicyclic) bond motifs is 7. The molecule has 0 saturated carbocycles. The van der Waals surface area contributed by atoms with Gasteiger partial charge >= 0.3 is 0 Å². The van der Waals surface area contributed by atoms with Crippen LogP contribution >= 0.6 is 11.3 Å². The number of allylic oxidation sites excluding steroid dienone is 4. The average Bonchev–Trinajstić information content (AvgIpc) is 3.82. The molecule has 260 valence electrons. The molecule has 1 aliphatic rings. The fourth-order valence-electron chi connectivity index (χ4n) is 8.62. The second-order valence-electron chi connectivity index (χ2n) is 14.3. The van der Waals surface area contributed by atoms with Crippen molar-refractivity contribution in [2.75, 3.05) is 4.90 Å². The van der Waals surface area contributed by atoms with Crippen LogP contribution in [-0.2, 0) is 0 Å².